The SMILES string of the molecule is Cn1cc(CCC2(O)CCC3(CCCC3)CC2)cn1. The van der Waals surface area contributed by atoms with E-state index in [1.165, 1.54) is 44.1 Å². The minimum atomic E-state index is -0.413. The lowest BCUT2D eigenvalue weighted by Crippen LogP contribution is -2.38. The molecule has 106 valence electrons. The lowest BCUT2D eigenvalue weighted by molar-refractivity contribution is -0.0385. The van der Waals surface area contributed by atoms with Gasteiger partial charge >= 0.3 is 0 Å². The van der Waals surface area contributed by atoms with Crippen molar-refractivity contribution in [1.82, 2.24) is 9.78 Å². The van der Waals surface area contributed by atoms with Crippen LogP contribution < -0.4 is 0 Å². The molecule has 3 heteroatoms. The van der Waals surface area contributed by atoms with Crippen molar-refractivity contribution < 1.29 is 5.11 Å². The normalized spacial score (nSPS) is 24.9. The van der Waals surface area contributed by atoms with Crippen LogP contribution in [0.15, 0.2) is 12.4 Å². The Morgan fingerprint density at radius 3 is 2.42 bits per heavy atom. The molecule has 2 saturated carbocycles. The third-order valence-electron chi connectivity index (χ3n) is 5.54. The van der Waals surface area contributed by atoms with Gasteiger partial charge in [0.2, 0.25) is 0 Å². The highest BCUT2D eigenvalue weighted by Crippen LogP contribution is 2.51. The first-order chi connectivity index (χ1) is 9.09. The molecule has 1 aromatic heterocycles. The summed E-state index contributed by atoms with van der Waals surface area (Å²) in [6.45, 7) is 0. The Labute approximate surface area is 116 Å². The fraction of sp³-hybridized carbons (Fsp3) is 0.812. The molecule has 0 aromatic carbocycles. The minimum Gasteiger partial charge on any atom is -0.390 e. The Balaban J connectivity index is 1.53. The summed E-state index contributed by atoms with van der Waals surface area (Å²) in [7, 11) is 1.95. The van der Waals surface area contributed by atoms with Crippen molar-refractivity contribution in [3.63, 3.8) is 0 Å². The first-order valence-electron chi connectivity index (χ1n) is 7.79. The second-order valence-corrected chi connectivity index (χ2v) is 6.95. The van der Waals surface area contributed by atoms with Gasteiger partial charge in [0, 0.05) is 13.2 Å². The van der Waals surface area contributed by atoms with E-state index in [0.29, 0.717) is 5.41 Å². The summed E-state index contributed by atoms with van der Waals surface area (Å²) in [5, 5.41) is 15.0. The Morgan fingerprint density at radius 2 is 1.84 bits per heavy atom. The van der Waals surface area contributed by atoms with Gasteiger partial charge in [-0.05, 0) is 62.3 Å². The lowest BCUT2D eigenvalue weighted by atomic mass is 9.66. The van der Waals surface area contributed by atoms with Gasteiger partial charge in [-0.15, -0.1) is 0 Å². The first-order valence-corrected chi connectivity index (χ1v) is 7.79. The molecule has 1 N–H and O–H groups in total. The number of aliphatic hydroxyl groups is 1. The van der Waals surface area contributed by atoms with Gasteiger partial charge in [-0.2, -0.15) is 5.10 Å². The van der Waals surface area contributed by atoms with Gasteiger partial charge in [0.1, 0.15) is 0 Å². The highest BCUT2D eigenvalue weighted by atomic mass is 16.3. The molecule has 0 bridgehead atoms. The highest BCUT2D eigenvalue weighted by Gasteiger charge is 2.42. The summed E-state index contributed by atoms with van der Waals surface area (Å²) in [6.07, 6.45) is 16.0. The maximum atomic E-state index is 10.8. The summed E-state index contributed by atoms with van der Waals surface area (Å²) in [4.78, 5) is 0. The number of rotatable bonds is 3. The molecule has 3 nitrogen and oxygen atoms in total. The molecule has 2 aliphatic rings. The molecule has 1 heterocycles. The quantitative estimate of drug-likeness (QED) is 0.908. The van der Waals surface area contributed by atoms with Crippen LogP contribution in [-0.4, -0.2) is 20.5 Å². The summed E-state index contributed by atoms with van der Waals surface area (Å²) in [5.74, 6) is 0. The topological polar surface area (TPSA) is 38.0 Å². The zero-order valence-electron chi connectivity index (χ0n) is 12.1. The average molecular weight is 262 g/mol. The van der Waals surface area contributed by atoms with Crippen LogP contribution in [0.2, 0.25) is 0 Å². The maximum absolute atomic E-state index is 10.8. The summed E-state index contributed by atoms with van der Waals surface area (Å²) in [5.41, 5.74) is 1.45. The zero-order valence-corrected chi connectivity index (χ0v) is 12.1. The van der Waals surface area contributed by atoms with Crippen molar-refractivity contribution >= 4 is 0 Å². The molecule has 1 aromatic rings. The van der Waals surface area contributed by atoms with Crippen molar-refractivity contribution in [2.75, 3.05) is 0 Å². The highest BCUT2D eigenvalue weighted by molar-refractivity contribution is 5.05. The number of nitrogens with zero attached hydrogens (tertiary/aromatic N) is 2. The lowest BCUT2D eigenvalue weighted by Gasteiger charge is -2.42. The van der Waals surface area contributed by atoms with Crippen LogP contribution in [0.3, 0.4) is 0 Å². The van der Waals surface area contributed by atoms with Crippen molar-refractivity contribution in [2.45, 2.75) is 69.8 Å². The van der Waals surface area contributed by atoms with E-state index in [2.05, 4.69) is 11.3 Å². The molecule has 3 rings (SSSR count). The zero-order chi connectivity index (χ0) is 13.3. The number of aryl methyl sites for hydroxylation is 2. The predicted molar refractivity (Wildman–Crippen MR) is 75.8 cm³/mol. The molecular formula is C16H26N2O. The smallest absolute Gasteiger partial charge is 0.0651 e. The second kappa shape index (κ2) is 4.93. The Morgan fingerprint density at radius 1 is 1.16 bits per heavy atom. The monoisotopic (exact) mass is 262 g/mol. The Kier molecular flexibility index (Phi) is 3.42. The maximum Gasteiger partial charge on any atom is 0.0651 e. The van der Waals surface area contributed by atoms with E-state index in [9.17, 15) is 5.11 Å². The third kappa shape index (κ3) is 2.86. The van der Waals surface area contributed by atoms with Gasteiger partial charge in [-0.1, -0.05) is 12.8 Å². The number of hydrogen-bond donors (Lipinski definition) is 1. The van der Waals surface area contributed by atoms with Crippen LogP contribution in [0.5, 0.6) is 0 Å². The van der Waals surface area contributed by atoms with Gasteiger partial charge < -0.3 is 5.11 Å². The largest absolute Gasteiger partial charge is 0.390 e. The molecule has 0 atom stereocenters. The standard InChI is InChI=1S/C16H26N2O/c1-18-13-14(12-17-18)4-7-16(19)10-8-15(9-11-16)5-2-3-6-15/h12-13,19H,2-11H2,1H3. The van der Waals surface area contributed by atoms with E-state index in [4.69, 9.17) is 0 Å². The molecule has 19 heavy (non-hydrogen) atoms. The Bertz CT molecular complexity index is 422. The van der Waals surface area contributed by atoms with Crippen LogP contribution in [0.4, 0.5) is 0 Å². The molecule has 2 aliphatic carbocycles. The van der Waals surface area contributed by atoms with Gasteiger partial charge in [-0.25, -0.2) is 0 Å². The summed E-state index contributed by atoms with van der Waals surface area (Å²) >= 11 is 0. The molecule has 0 saturated heterocycles. The van der Waals surface area contributed by atoms with Crippen LogP contribution in [-0.2, 0) is 13.5 Å². The molecule has 0 unspecified atom stereocenters. The number of aromatic nitrogens is 2. The molecule has 0 amide bonds. The van der Waals surface area contributed by atoms with Crippen LogP contribution in [0, 0.1) is 5.41 Å². The third-order valence-corrected chi connectivity index (χ3v) is 5.54. The van der Waals surface area contributed by atoms with Crippen molar-refractivity contribution in [3.05, 3.63) is 18.0 Å². The summed E-state index contributed by atoms with van der Waals surface area (Å²) < 4.78 is 1.84. The van der Waals surface area contributed by atoms with E-state index in [0.717, 1.165) is 25.7 Å². The number of hydrogen-bond acceptors (Lipinski definition) is 2. The summed E-state index contributed by atoms with van der Waals surface area (Å²) in [6, 6.07) is 0. The van der Waals surface area contributed by atoms with Gasteiger partial charge in [-0.3, -0.25) is 4.68 Å². The molecule has 1 spiro atoms. The van der Waals surface area contributed by atoms with E-state index < -0.39 is 5.60 Å². The van der Waals surface area contributed by atoms with Gasteiger partial charge in [0.15, 0.2) is 0 Å². The fourth-order valence-electron chi connectivity index (χ4n) is 4.10. The van der Waals surface area contributed by atoms with E-state index in [1.54, 1.807) is 0 Å². The van der Waals surface area contributed by atoms with Crippen molar-refractivity contribution in [2.24, 2.45) is 12.5 Å². The van der Waals surface area contributed by atoms with E-state index in [-0.39, 0.29) is 0 Å². The average Bonchev–Trinajstić information content (AvgIpc) is 3.02. The Hall–Kier alpha value is -0.830. The van der Waals surface area contributed by atoms with Gasteiger partial charge in [0.05, 0.1) is 11.8 Å². The minimum absolute atomic E-state index is 0.413. The molecule has 0 aliphatic heterocycles. The van der Waals surface area contributed by atoms with E-state index in [1.807, 2.05) is 17.9 Å². The molecule has 2 fully saturated rings. The molecule has 0 radical (unpaired) electrons. The van der Waals surface area contributed by atoms with Crippen LogP contribution in [0.1, 0.15) is 63.4 Å². The predicted octanol–water partition coefficient (Wildman–Crippen LogP) is 3.22. The molecular weight excluding hydrogens is 236 g/mol. The first kappa shape index (κ1) is 13.2. The van der Waals surface area contributed by atoms with Crippen LogP contribution in [0.25, 0.3) is 0 Å². The van der Waals surface area contributed by atoms with Crippen molar-refractivity contribution in [3.8, 4) is 0 Å². The fourth-order valence-corrected chi connectivity index (χ4v) is 4.10. The van der Waals surface area contributed by atoms with Gasteiger partial charge in [0.25, 0.3) is 0 Å². The van der Waals surface area contributed by atoms with E-state index >= 15 is 0 Å². The van der Waals surface area contributed by atoms with Crippen LogP contribution >= 0.6 is 0 Å². The second-order valence-electron chi connectivity index (χ2n) is 6.95. The van der Waals surface area contributed by atoms with Crippen molar-refractivity contribution in [1.29, 1.82) is 0 Å².